The normalized spacial score (nSPS) is 11.3. The Balaban J connectivity index is 2.30. The number of hydrogen-bond acceptors (Lipinski definition) is 5. The molecule has 0 fully saturated rings. The molecule has 1 heterocycles. The Morgan fingerprint density at radius 3 is 2.57 bits per heavy atom. The molecular weight excluding hydrogens is 288 g/mol. The molecule has 1 aromatic heterocycles. The highest BCUT2D eigenvalue weighted by Crippen LogP contribution is 2.20. The van der Waals surface area contributed by atoms with Crippen LogP contribution in [0, 0.1) is 6.92 Å². The summed E-state index contributed by atoms with van der Waals surface area (Å²) in [6.07, 6.45) is 4.19. The van der Waals surface area contributed by atoms with Crippen molar-refractivity contribution >= 4 is 15.7 Å². The van der Waals surface area contributed by atoms with Crippen molar-refractivity contribution in [1.29, 1.82) is 0 Å². The van der Waals surface area contributed by atoms with E-state index in [9.17, 15) is 8.42 Å². The number of anilines is 1. The van der Waals surface area contributed by atoms with Crippen molar-refractivity contribution in [2.24, 2.45) is 0 Å². The second-order valence-electron chi connectivity index (χ2n) is 4.61. The minimum atomic E-state index is -3.65. The number of sulfonamides is 1. The van der Waals surface area contributed by atoms with Gasteiger partial charge in [-0.2, -0.15) is 0 Å². The zero-order chi connectivity index (χ0) is 15.3. The summed E-state index contributed by atoms with van der Waals surface area (Å²) in [6, 6.07) is 5.41. The summed E-state index contributed by atoms with van der Waals surface area (Å²) in [4.78, 5) is 7.86. The Labute approximate surface area is 124 Å². The number of nitrogens with one attached hydrogen (secondary N) is 2. The second-order valence-corrected chi connectivity index (χ2v) is 6.26. The molecule has 0 bridgehead atoms. The van der Waals surface area contributed by atoms with E-state index < -0.39 is 10.0 Å². The van der Waals surface area contributed by atoms with Gasteiger partial charge in [0.25, 0.3) is 10.0 Å². The van der Waals surface area contributed by atoms with Crippen molar-refractivity contribution in [3.63, 3.8) is 0 Å². The summed E-state index contributed by atoms with van der Waals surface area (Å²) in [5.74, 6) is 0. The highest BCUT2D eigenvalue weighted by atomic mass is 32.2. The monoisotopic (exact) mass is 306 g/mol. The van der Waals surface area contributed by atoms with Crippen molar-refractivity contribution in [2.75, 3.05) is 11.3 Å². The third kappa shape index (κ3) is 3.99. The molecule has 0 saturated heterocycles. The summed E-state index contributed by atoms with van der Waals surface area (Å²) < 4.78 is 27.4. The smallest absolute Gasteiger partial charge is 0.262 e. The highest BCUT2D eigenvalue weighted by Gasteiger charge is 2.17. The van der Waals surface area contributed by atoms with Crippen LogP contribution in [0.1, 0.15) is 18.1 Å². The molecule has 0 saturated carbocycles. The van der Waals surface area contributed by atoms with Gasteiger partial charge in [-0.25, -0.2) is 18.4 Å². The van der Waals surface area contributed by atoms with E-state index in [1.165, 1.54) is 18.7 Å². The lowest BCUT2D eigenvalue weighted by Crippen LogP contribution is -2.16. The average Bonchev–Trinajstić information content (AvgIpc) is 2.47. The van der Waals surface area contributed by atoms with Gasteiger partial charge in [-0.1, -0.05) is 19.1 Å². The van der Waals surface area contributed by atoms with Gasteiger partial charge in [-0.15, -0.1) is 0 Å². The van der Waals surface area contributed by atoms with E-state index in [4.69, 9.17) is 0 Å². The Kier molecular flexibility index (Phi) is 4.87. The minimum absolute atomic E-state index is 0.266. The van der Waals surface area contributed by atoms with Gasteiger partial charge in [-0.3, -0.25) is 4.72 Å². The van der Waals surface area contributed by atoms with Crippen LogP contribution in [0.3, 0.4) is 0 Å². The largest absolute Gasteiger partial charge is 0.313 e. The van der Waals surface area contributed by atoms with Crippen LogP contribution in [0.4, 0.5) is 5.69 Å². The molecule has 7 heteroatoms. The number of nitrogens with zero attached hydrogens (tertiary/aromatic N) is 2. The van der Waals surface area contributed by atoms with Crippen LogP contribution >= 0.6 is 0 Å². The molecule has 2 aromatic rings. The number of aromatic nitrogens is 2. The zero-order valence-electron chi connectivity index (χ0n) is 12.0. The summed E-state index contributed by atoms with van der Waals surface area (Å²) in [7, 11) is -3.65. The zero-order valence-corrected chi connectivity index (χ0v) is 12.8. The summed E-state index contributed by atoms with van der Waals surface area (Å²) in [5, 5.41) is 3.18. The van der Waals surface area contributed by atoms with Crippen LogP contribution < -0.4 is 10.0 Å². The van der Waals surface area contributed by atoms with Crippen LogP contribution in [-0.2, 0) is 16.6 Å². The molecule has 0 aliphatic heterocycles. The molecule has 0 unspecified atom stereocenters. The number of benzene rings is 1. The van der Waals surface area contributed by atoms with Gasteiger partial charge in [0, 0.05) is 6.54 Å². The lowest BCUT2D eigenvalue weighted by Gasteiger charge is -2.11. The van der Waals surface area contributed by atoms with Crippen LogP contribution in [0.2, 0.25) is 0 Å². The Bertz CT molecular complexity index is 702. The van der Waals surface area contributed by atoms with E-state index >= 15 is 0 Å². The standard InChI is InChI=1S/C14H18N4O2S/c1-3-15-7-12-5-4-11(2)14(6-12)21(19,20)18-13-8-16-10-17-9-13/h4-6,8-10,15,18H,3,7H2,1-2H3. The average molecular weight is 306 g/mol. The number of hydrogen-bond donors (Lipinski definition) is 2. The maximum atomic E-state index is 12.5. The lowest BCUT2D eigenvalue weighted by molar-refractivity contribution is 0.600. The van der Waals surface area contributed by atoms with Crippen LogP contribution in [0.5, 0.6) is 0 Å². The molecule has 2 N–H and O–H groups in total. The molecule has 0 spiro atoms. The molecular formula is C14H18N4O2S. The quantitative estimate of drug-likeness (QED) is 0.848. The topological polar surface area (TPSA) is 84.0 Å². The lowest BCUT2D eigenvalue weighted by atomic mass is 10.1. The van der Waals surface area contributed by atoms with Crippen LogP contribution in [0.25, 0.3) is 0 Å². The predicted molar refractivity (Wildman–Crippen MR) is 81.4 cm³/mol. The Morgan fingerprint density at radius 2 is 1.90 bits per heavy atom. The maximum Gasteiger partial charge on any atom is 0.262 e. The fourth-order valence-corrected chi connectivity index (χ4v) is 3.20. The van der Waals surface area contributed by atoms with E-state index in [0.29, 0.717) is 17.8 Å². The first-order valence-corrected chi connectivity index (χ1v) is 8.09. The molecule has 0 amide bonds. The molecule has 0 aliphatic carbocycles. The van der Waals surface area contributed by atoms with E-state index in [2.05, 4.69) is 20.0 Å². The van der Waals surface area contributed by atoms with Crippen molar-refractivity contribution in [2.45, 2.75) is 25.3 Å². The fraction of sp³-hybridized carbons (Fsp3) is 0.286. The first kappa shape index (κ1) is 15.4. The summed E-state index contributed by atoms with van der Waals surface area (Å²) in [5.41, 5.74) is 1.96. The van der Waals surface area contributed by atoms with Gasteiger partial charge in [0.2, 0.25) is 0 Å². The molecule has 112 valence electrons. The SMILES string of the molecule is CCNCc1ccc(C)c(S(=O)(=O)Nc2cncnc2)c1. The molecule has 0 aliphatic rings. The second kappa shape index (κ2) is 6.64. The van der Waals surface area contributed by atoms with E-state index in [0.717, 1.165) is 12.1 Å². The first-order chi connectivity index (χ1) is 10.0. The van der Waals surface area contributed by atoms with Gasteiger partial charge in [0.1, 0.15) is 6.33 Å². The maximum absolute atomic E-state index is 12.5. The van der Waals surface area contributed by atoms with E-state index in [-0.39, 0.29) is 4.90 Å². The molecule has 2 rings (SSSR count). The van der Waals surface area contributed by atoms with Gasteiger partial charge in [-0.05, 0) is 30.7 Å². The van der Waals surface area contributed by atoms with E-state index in [1.54, 1.807) is 13.0 Å². The van der Waals surface area contributed by atoms with Crippen LogP contribution in [-0.4, -0.2) is 24.9 Å². The van der Waals surface area contributed by atoms with Crippen molar-refractivity contribution < 1.29 is 8.42 Å². The molecule has 6 nitrogen and oxygen atoms in total. The Morgan fingerprint density at radius 1 is 1.19 bits per heavy atom. The van der Waals surface area contributed by atoms with Gasteiger partial charge < -0.3 is 5.32 Å². The third-order valence-electron chi connectivity index (χ3n) is 2.93. The predicted octanol–water partition coefficient (Wildman–Crippen LogP) is 1.70. The first-order valence-electron chi connectivity index (χ1n) is 6.61. The number of rotatable bonds is 6. The third-order valence-corrected chi connectivity index (χ3v) is 4.46. The summed E-state index contributed by atoms with van der Waals surface area (Å²) >= 11 is 0. The number of aryl methyl sites for hydroxylation is 1. The molecule has 21 heavy (non-hydrogen) atoms. The fourth-order valence-electron chi connectivity index (χ4n) is 1.88. The minimum Gasteiger partial charge on any atom is -0.313 e. The highest BCUT2D eigenvalue weighted by molar-refractivity contribution is 7.92. The van der Waals surface area contributed by atoms with Gasteiger partial charge in [0.15, 0.2) is 0 Å². The van der Waals surface area contributed by atoms with Crippen molar-refractivity contribution in [3.8, 4) is 0 Å². The molecule has 0 radical (unpaired) electrons. The van der Waals surface area contributed by atoms with Crippen molar-refractivity contribution in [1.82, 2.24) is 15.3 Å². The van der Waals surface area contributed by atoms with Crippen LogP contribution in [0.15, 0.2) is 41.8 Å². The van der Waals surface area contributed by atoms with Gasteiger partial charge in [0.05, 0.1) is 23.0 Å². The Hall–Kier alpha value is -1.99. The van der Waals surface area contributed by atoms with Gasteiger partial charge >= 0.3 is 0 Å². The van der Waals surface area contributed by atoms with E-state index in [1.807, 2.05) is 19.1 Å². The molecule has 0 atom stereocenters. The summed E-state index contributed by atoms with van der Waals surface area (Å²) in [6.45, 7) is 5.24. The molecule has 1 aromatic carbocycles. The van der Waals surface area contributed by atoms with Crippen molar-refractivity contribution in [3.05, 3.63) is 48.0 Å².